The van der Waals surface area contributed by atoms with E-state index in [4.69, 9.17) is 10.3 Å². The number of hydrogen-bond donors (Lipinski definition) is 2. The van der Waals surface area contributed by atoms with Crippen LogP contribution in [0.1, 0.15) is 5.56 Å². The highest BCUT2D eigenvalue weighted by molar-refractivity contribution is 7.81. The lowest BCUT2D eigenvalue weighted by atomic mass is 10.1. The number of rotatable bonds is 4. The van der Waals surface area contributed by atoms with Gasteiger partial charge < -0.3 is 9.92 Å². The highest BCUT2D eigenvalue weighted by Crippen LogP contribution is 2.13. The third-order valence-corrected chi connectivity index (χ3v) is 1.96. The molecule has 3 N–H and O–H groups in total. The van der Waals surface area contributed by atoms with Gasteiger partial charge in [0.1, 0.15) is 5.75 Å². The van der Waals surface area contributed by atoms with Gasteiger partial charge in [-0.25, -0.2) is 0 Å². The van der Waals surface area contributed by atoms with Crippen LogP contribution in [0.4, 0.5) is 0 Å². The third-order valence-electron chi connectivity index (χ3n) is 1.56. The second-order valence-electron chi connectivity index (χ2n) is 2.69. The predicted octanol–water partition coefficient (Wildman–Crippen LogP) is 0.369. The largest absolute Gasteiger partial charge is 0.446 e. The molecular formula is C8H11NO4S. The summed E-state index contributed by atoms with van der Waals surface area (Å²) in [5, 5.41) is 0. The zero-order chi connectivity index (χ0) is 10.6. The summed E-state index contributed by atoms with van der Waals surface area (Å²) in [6.07, 6.45) is 0.714. The van der Waals surface area contributed by atoms with E-state index >= 15 is 0 Å². The average molecular weight is 217 g/mol. The molecule has 1 aromatic rings. The molecule has 0 fully saturated rings. The molecule has 0 spiro atoms. The Hall–Kier alpha value is -1.11. The number of hydrogen-bond acceptors (Lipinski definition) is 4. The molecule has 0 aliphatic heterocycles. The molecule has 0 amide bonds. The molecule has 6 heteroatoms. The topological polar surface area (TPSA) is 89.6 Å². The summed E-state index contributed by atoms with van der Waals surface area (Å²) >= 11 is 0. The predicted molar refractivity (Wildman–Crippen MR) is 51.4 cm³/mol. The van der Waals surface area contributed by atoms with E-state index in [9.17, 15) is 8.42 Å². The Balaban J connectivity index is 2.74. The molecule has 0 heterocycles. The van der Waals surface area contributed by atoms with Gasteiger partial charge in [-0.2, -0.15) is 8.42 Å². The molecule has 0 unspecified atom stereocenters. The Morgan fingerprint density at radius 2 is 1.86 bits per heavy atom. The zero-order valence-corrected chi connectivity index (χ0v) is 8.20. The van der Waals surface area contributed by atoms with E-state index in [1.807, 2.05) is 0 Å². The standard InChI is InChI=1S/C8H11NO4S/c9-6-5-7-1-3-8(4-2-7)13-14(10,11)12/h1-4H,5-6,9H2,(H,10,11,12). The molecule has 5 nitrogen and oxygen atoms in total. The first kappa shape index (κ1) is 11.0. The fraction of sp³-hybridized carbons (Fsp3) is 0.250. The van der Waals surface area contributed by atoms with Crippen LogP contribution in [0, 0.1) is 0 Å². The molecule has 0 aromatic heterocycles. The molecule has 0 saturated carbocycles. The summed E-state index contributed by atoms with van der Waals surface area (Å²) in [7, 11) is -4.43. The molecule has 0 aliphatic rings. The quantitative estimate of drug-likeness (QED) is 0.711. The van der Waals surface area contributed by atoms with Crippen molar-refractivity contribution in [3.63, 3.8) is 0 Å². The van der Waals surface area contributed by atoms with Gasteiger partial charge in [0.15, 0.2) is 0 Å². The van der Waals surface area contributed by atoms with Crippen molar-refractivity contribution >= 4 is 10.4 Å². The van der Waals surface area contributed by atoms with E-state index in [2.05, 4.69) is 4.18 Å². The van der Waals surface area contributed by atoms with Gasteiger partial charge in [0.25, 0.3) is 0 Å². The minimum atomic E-state index is -4.43. The van der Waals surface area contributed by atoms with Crippen LogP contribution in [0.5, 0.6) is 5.75 Å². The molecule has 1 rings (SSSR count). The monoisotopic (exact) mass is 217 g/mol. The summed E-state index contributed by atoms with van der Waals surface area (Å²) in [6.45, 7) is 0.526. The van der Waals surface area contributed by atoms with Crippen molar-refractivity contribution in [1.29, 1.82) is 0 Å². The van der Waals surface area contributed by atoms with Gasteiger partial charge in [-0.15, -0.1) is 0 Å². The van der Waals surface area contributed by atoms with E-state index in [1.54, 1.807) is 12.1 Å². The second kappa shape index (κ2) is 4.41. The molecule has 0 bridgehead atoms. The summed E-state index contributed by atoms with van der Waals surface area (Å²) < 4.78 is 33.3. The minimum absolute atomic E-state index is 0.0771. The van der Waals surface area contributed by atoms with E-state index < -0.39 is 10.4 Å². The fourth-order valence-electron chi connectivity index (χ4n) is 1.000. The van der Waals surface area contributed by atoms with Crippen molar-refractivity contribution in [3.8, 4) is 5.75 Å². The Morgan fingerprint density at radius 3 is 2.29 bits per heavy atom. The van der Waals surface area contributed by atoms with Gasteiger partial charge in [-0.1, -0.05) is 12.1 Å². The zero-order valence-electron chi connectivity index (χ0n) is 7.38. The number of nitrogens with two attached hydrogens (primary N) is 1. The van der Waals surface area contributed by atoms with Crippen LogP contribution < -0.4 is 9.92 Å². The maximum absolute atomic E-state index is 10.3. The molecular weight excluding hydrogens is 206 g/mol. The van der Waals surface area contributed by atoms with Gasteiger partial charge in [0.2, 0.25) is 0 Å². The van der Waals surface area contributed by atoms with Crippen molar-refractivity contribution in [2.75, 3.05) is 6.54 Å². The van der Waals surface area contributed by atoms with Crippen LogP contribution in [0.3, 0.4) is 0 Å². The Morgan fingerprint density at radius 1 is 1.29 bits per heavy atom. The molecule has 0 radical (unpaired) electrons. The maximum atomic E-state index is 10.3. The Bertz CT molecular complexity index is 384. The normalized spacial score (nSPS) is 11.3. The summed E-state index contributed by atoms with van der Waals surface area (Å²) in [5.74, 6) is 0.0771. The average Bonchev–Trinajstić information content (AvgIpc) is 2.06. The lowest BCUT2D eigenvalue weighted by Gasteiger charge is -2.02. The second-order valence-corrected chi connectivity index (χ2v) is 3.72. The first-order valence-corrected chi connectivity index (χ1v) is 5.34. The highest BCUT2D eigenvalue weighted by atomic mass is 32.3. The van der Waals surface area contributed by atoms with Gasteiger partial charge >= 0.3 is 10.4 Å². The first-order chi connectivity index (χ1) is 6.51. The molecule has 0 aliphatic carbocycles. The SMILES string of the molecule is NCCc1ccc(OS(=O)(=O)O)cc1. The Kier molecular flexibility index (Phi) is 3.45. The van der Waals surface area contributed by atoms with Gasteiger partial charge in [-0.05, 0) is 30.7 Å². The molecule has 0 saturated heterocycles. The molecule has 78 valence electrons. The minimum Gasteiger partial charge on any atom is -0.362 e. The van der Waals surface area contributed by atoms with Crippen LogP contribution in [0.15, 0.2) is 24.3 Å². The van der Waals surface area contributed by atoms with Crippen LogP contribution >= 0.6 is 0 Å². The van der Waals surface area contributed by atoms with E-state index in [0.717, 1.165) is 5.56 Å². The Labute approximate surface area is 82.5 Å². The fourth-order valence-corrected chi connectivity index (χ4v) is 1.35. The highest BCUT2D eigenvalue weighted by Gasteiger charge is 2.05. The van der Waals surface area contributed by atoms with Crippen molar-refractivity contribution in [2.45, 2.75) is 6.42 Å². The van der Waals surface area contributed by atoms with Crippen LogP contribution in [-0.4, -0.2) is 19.5 Å². The molecule has 1 aromatic carbocycles. The van der Waals surface area contributed by atoms with Crippen LogP contribution in [0.2, 0.25) is 0 Å². The molecule has 0 atom stereocenters. The van der Waals surface area contributed by atoms with E-state index in [0.29, 0.717) is 13.0 Å². The van der Waals surface area contributed by atoms with Crippen molar-refractivity contribution in [2.24, 2.45) is 5.73 Å². The van der Waals surface area contributed by atoms with Crippen molar-refractivity contribution < 1.29 is 17.2 Å². The van der Waals surface area contributed by atoms with Gasteiger partial charge in [0, 0.05) is 0 Å². The lowest BCUT2D eigenvalue weighted by Crippen LogP contribution is -2.07. The van der Waals surface area contributed by atoms with Crippen molar-refractivity contribution in [1.82, 2.24) is 0 Å². The van der Waals surface area contributed by atoms with Crippen molar-refractivity contribution in [3.05, 3.63) is 29.8 Å². The lowest BCUT2D eigenvalue weighted by molar-refractivity contribution is 0.387. The van der Waals surface area contributed by atoms with Gasteiger partial charge in [-0.3, -0.25) is 4.55 Å². The molecule has 14 heavy (non-hydrogen) atoms. The van der Waals surface area contributed by atoms with Crippen LogP contribution in [0.25, 0.3) is 0 Å². The summed E-state index contributed by atoms with van der Waals surface area (Å²) in [5.41, 5.74) is 6.31. The third kappa shape index (κ3) is 3.73. The smallest absolute Gasteiger partial charge is 0.362 e. The van der Waals surface area contributed by atoms with E-state index in [1.165, 1.54) is 12.1 Å². The summed E-state index contributed by atoms with van der Waals surface area (Å²) in [4.78, 5) is 0. The van der Waals surface area contributed by atoms with Crippen LogP contribution in [-0.2, 0) is 16.8 Å². The first-order valence-electron chi connectivity index (χ1n) is 3.97. The maximum Gasteiger partial charge on any atom is 0.446 e. The van der Waals surface area contributed by atoms with E-state index in [-0.39, 0.29) is 5.75 Å². The summed E-state index contributed by atoms with van der Waals surface area (Å²) in [6, 6.07) is 6.29. The number of benzene rings is 1. The van der Waals surface area contributed by atoms with Gasteiger partial charge in [0.05, 0.1) is 0 Å².